The molecule has 7 nitrogen and oxygen atoms in total. The standard InChI is InChI=1S/C19H27BrN2O5/c1-3-4-8-27-17-15-18(24)21(7-11-25-2)13-19(5-9-26-10-6-19)22(15)12-14(20)16(17)23/h12H,3-11,13H2,1-2H3. The molecule has 0 saturated carbocycles. The number of hydrogen-bond donors (Lipinski definition) is 0. The Kier molecular flexibility index (Phi) is 6.60. The van der Waals surface area contributed by atoms with Gasteiger partial charge in [0, 0.05) is 39.6 Å². The molecule has 3 rings (SSSR count). The van der Waals surface area contributed by atoms with Crippen molar-refractivity contribution in [3.8, 4) is 5.75 Å². The molecule has 1 saturated heterocycles. The van der Waals surface area contributed by atoms with Gasteiger partial charge in [0.25, 0.3) is 5.91 Å². The van der Waals surface area contributed by atoms with E-state index in [1.54, 1.807) is 18.2 Å². The minimum Gasteiger partial charge on any atom is -0.487 e. The second-order valence-corrected chi connectivity index (χ2v) is 7.97. The summed E-state index contributed by atoms with van der Waals surface area (Å²) in [7, 11) is 1.62. The summed E-state index contributed by atoms with van der Waals surface area (Å²) < 4.78 is 19.0. The second kappa shape index (κ2) is 8.75. The number of unbranched alkanes of at least 4 members (excludes halogenated alkanes) is 1. The van der Waals surface area contributed by atoms with Crippen molar-refractivity contribution in [1.29, 1.82) is 0 Å². The molecule has 1 aromatic heterocycles. The van der Waals surface area contributed by atoms with Crippen molar-refractivity contribution < 1.29 is 19.0 Å². The van der Waals surface area contributed by atoms with E-state index in [0.717, 1.165) is 25.7 Å². The molecule has 8 heteroatoms. The minimum atomic E-state index is -0.297. The van der Waals surface area contributed by atoms with Crippen LogP contribution in [0.1, 0.15) is 43.1 Å². The van der Waals surface area contributed by atoms with E-state index in [9.17, 15) is 9.59 Å². The summed E-state index contributed by atoms with van der Waals surface area (Å²) in [6.45, 7) is 5.23. The highest BCUT2D eigenvalue weighted by Gasteiger charge is 2.45. The second-order valence-electron chi connectivity index (χ2n) is 7.11. The van der Waals surface area contributed by atoms with Crippen molar-refractivity contribution in [1.82, 2.24) is 9.47 Å². The van der Waals surface area contributed by atoms with Gasteiger partial charge in [0.2, 0.25) is 5.43 Å². The molecular weight excluding hydrogens is 416 g/mol. The van der Waals surface area contributed by atoms with E-state index >= 15 is 0 Å². The lowest BCUT2D eigenvalue weighted by Gasteiger charge is -2.47. The van der Waals surface area contributed by atoms with E-state index in [4.69, 9.17) is 14.2 Å². The monoisotopic (exact) mass is 442 g/mol. The van der Waals surface area contributed by atoms with E-state index in [1.807, 2.05) is 4.57 Å². The summed E-state index contributed by atoms with van der Waals surface area (Å²) in [6, 6.07) is 0. The van der Waals surface area contributed by atoms with E-state index in [0.29, 0.717) is 49.7 Å². The number of halogens is 1. The Morgan fingerprint density at radius 3 is 2.67 bits per heavy atom. The van der Waals surface area contributed by atoms with Crippen molar-refractivity contribution in [2.75, 3.05) is 46.6 Å². The van der Waals surface area contributed by atoms with Gasteiger partial charge in [0.05, 0.1) is 23.2 Å². The number of ether oxygens (including phenoxy) is 3. The average molecular weight is 443 g/mol. The average Bonchev–Trinajstić information content (AvgIpc) is 2.67. The van der Waals surface area contributed by atoms with Crippen LogP contribution in [-0.2, 0) is 15.0 Å². The Balaban J connectivity index is 2.11. The Morgan fingerprint density at radius 2 is 2.00 bits per heavy atom. The van der Waals surface area contributed by atoms with Gasteiger partial charge in [-0.05, 0) is 35.2 Å². The number of methoxy groups -OCH3 is 1. The number of carbonyl (C=O) groups excluding carboxylic acids is 1. The molecule has 0 atom stereocenters. The first kappa shape index (κ1) is 20.4. The molecule has 2 aliphatic rings. The highest BCUT2D eigenvalue weighted by molar-refractivity contribution is 9.10. The Hall–Kier alpha value is -1.38. The predicted molar refractivity (Wildman–Crippen MR) is 105 cm³/mol. The van der Waals surface area contributed by atoms with Crippen LogP contribution in [0, 0.1) is 0 Å². The Bertz CT molecular complexity index is 742. The van der Waals surface area contributed by atoms with Gasteiger partial charge in [-0.2, -0.15) is 0 Å². The van der Waals surface area contributed by atoms with Crippen molar-refractivity contribution >= 4 is 21.8 Å². The van der Waals surface area contributed by atoms with Crippen molar-refractivity contribution in [3.05, 3.63) is 26.6 Å². The molecule has 150 valence electrons. The number of carbonyl (C=O) groups is 1. The number of hydrogen-bond acceptors (Lipinski definition) is 5. The maximum absolute atomic E-state index is 13.2. The molecule has 0 aromatic carbocycles. The Morgan fingerprint density at radius 1 is 1.26 bits per heavy atom. The third kappa shape index (κ3) is 3.93. The largest absolute Gasteiger partial charge is 0.487 e. The summed E-state index contributed by atoms with van der Waals surface area (Å²) in [5.41, 5.74) is -0.223. The predicted octanol–water partition coefficient (Wildman–Crippen LogP) is 2.40. The minimum absolute atomic E-state index is 0.149. The zero-order valence-electron chi connectivity index (χ0n) is 16.0. The van der Waals surface area contributed by atoms with Crippen LogP contribution in [0.2, 0.25) is 0 Å². The van der Waals surface area contributed by atoms with Gasteiger partial charge < -0.3 is 23.7 Å². The highest BCUT2D eigenvalue weighted by Crippen LogP contribution is 2.38. The summed E-state index contributed by atoms with van der Waals surface area (Å²) in [6.07, 6.45) is 5.08. The molecule has 1 spiro atoms. The van der Waals surface area contributed by atoms with Crippen LogP contribution in [-0.4, -0.2) is 62.0 Å². The first-order valence-electron chi connectivity index (χ1n) is 9.48. The summed E-state index contributed by atoms with van der Waals surface area (Å²) in [5.74, 6) is -0.0314. The van der Waals surface area contributed by atoms with Crippen LogP contribution >= 0.6 is 15.9 Å². The van der Waals surface area contributed by atoms with E-state index in [2.05, 4.69) is 22.9 Å². The number of fused-ring (bicyclic) bond motifs is 2. The fourth-order valence-electron chi connectivity index (χ4n) is 3.77. The zero-order chi connectivity index (χ0) is 19.4. The lowest BCUT2D eigenvalue weighted by atomic mass is 9.86. The number of amides is 1. The molecular formula is C19H27BrN2O5. The van der Waals surface area contributed by atoms with Crippen molar-refractivity contribution in [2.45, 2.75) is 38.1 Å². The van der Waals surface area contributed by atoms with Gasteiger partial charge in [0.15, 0.2) is 11.4 Å². The molecule has 2 aliphatic heterocycles. The molecule has 1 fully saturated rings. The fraction of sp³-hybridized carbons (Fsp3) is 0.684. The van der Waals surface area contributed by atoms with Crippen molar-refractivity contribution in [3.63, 3.8) is 0 Å². The summed E-state index contributed by atoms with van der Waals surface area (Å²) in [4.78, 5) is 27.8. The molecule has 1 amide bonds. The van der Waals surface area contributed by atoms with Crippen LogP contribution in [0.4, 0.5) is 0 Å². The van der Waals surface area contributed by atoms with Crippen LogP contribution in [0.5, 0.6) is 5.75 Å². The molecule has 0 bridgehead atoms. The quantitative estimate of drug-likeness (QED) is 0.606. The van der Waals surface area contributed by atoms with Gasteiger partial charge in [-0.3, -0.25) is 9.59 Å². The van der Waals surface area contributed by atoms with Crippen LogP contribution in [0.15, 0.2) is 15.5 Å². The zero-order valence-corrected chi connectivity index (χ0v) is 17.5. The smallest absolute Gasteiger partial charge is 0.274 e. The van der Waals surface area contributed by atoms with Crippen LogP contribution in [0.3, 0.4) is 0 Å². The van der Waals surface area contributed by atoms with Crippen molar-refractivity contribution in [2.24, 2.45) is 0 Å². The number of pyridine rings is 1. The first-order chi connectivity index (χ1) is 13.0. The normalized spacial score (nSPS) is 18.6. The molecule has 0 N–H and O–H groups in total. The third-order valence-electron chi connectivity index (χ3n) is 5.34. The fourth-order valence-corrected chi connectivity index (χ4v) is 4.16. The van der Waals surface area contributed by atoms with E-state index in [1.165, 1.54) is 0 Å². The maximum Gasteiger partial charge on any atom is 0.274 e. The topological polar surface area (TPSA) is 70.0 Å². The Labute approximate surface area is 167 Å². The summed E-state index contributed by atoms with van der Waals surface area (Å²) in [5, 5.41) is 0. The van der Waals surface area contributed by atoms with Gasteiger partial charge in [-0.15, -0.1) is 0 Å². The molecule has 0 radical (unpaired) electrons. The molecule has 3 heterocycles. The number of rotatable bonds is 7. The van der Waals surface area contributed by atoms with Gasteiger partial charge in [0.1, 0.15) is 0 Å². The first-order valence-corrected chi connectivity index (χ1v) is 10.3. The SMILES string of the molecule is CCCCOc1c2n(cc(Br)c1=O)C1(CCOCC1)CN(CCOC)C2=O. The summed E-state index contributed by atoms with van der Waals surface area (Å²) >= 11 is 3.37. The number of aromatic nitrogens is 1. The van der Waals surface area contributed by atoms with Crippen LogP contribution < -0.4 is 10.2 Å². The molecule has 1 aromatic rings. The third-order valence-corrected chi connectivity index (χ3v) is 5.91. The van der Waals surface area contributed by atoms with E-state index in [-0.39, 0.29) is 22.6 Å². The van der Waals surface area contributed by atoms with E-state index < -0.39 is 0 Å². The maximum atomic E-state index is 13.2. The highest BCUT2D eigenvalue weighted by atomic mass is 79.9. The molecule has 27 heavy (non-hydrogen) atoms. The van der Waals surface area contributed by atoms with Crippen LogP contribution in [0.25, 0.3) is 0 Å². The number of nitrogens with zero attached hydrogens (tertiary/aromatic N) is 2. The van der Waals surface area contributed by atoms with Gasteiger partial charge in [-0.1, -0.05) is 13.3 Å². The molecule has 0 aliphatic carbocycles. The lowest BCUT2D eigenvalue weighted by Crippen LogP contribution is -2.57. The molecule has 0 unspecified atom stereocenters. The lowest BCUT2D eigenvalue weighted by molar-refractivity contribution is -0.0115. The van der Waals surface area contributed by atoms with Gasteiger partial charge >= 0.3 is 0 Å². The van der Waals surface area contributed by atoms with Gasteiger partial charge in [-0.25, -0.2) is 0 Å².